The van der Waals surface area contributed by atoms with E-state index in [1.807, 2.05) is 30.9 Å². The molecule has 2 aromatic carbocycles. The SMILES string of the molecule is COc1ccc(CCN2C(=O)C(C)(C)N(C)C2c2ccc(N3CCCC3)cc2)cc1. The Morgan fingerprint density at radius 3 is 2.23 bits per heavy atom. The monoisotopic (exact) mass is 407 g/mol. The first-order chi connectivity index (χ1) is 14.4. The summed E-state index contributed by atoms with van der Waals surface area (Å²) in [5.41, 5.74) is 3.15. The number of ether oxygens (including phenoxy) is 1. The molecule has 2 aromatic rings. The normalized spacial score (nSPS) is 21.5. The summed E-state index contributed by atoms with van der Waals surface area (Å²) in [6, 6.07) is 16.9. The molecule has 5 nitrogen and oxygen atoms in total. The van der Waals surface area contributed by atoms with E-state index in [4.69, 9.17) is 4.74 Å². The first-order valence-electron chi connectivity index (χ1n) is 10.9. The number of rotatable bonds is 6. The van der Waals surface area contributed by atoms with E-state index in [2.05, 4.69) is 53.2 Å². The summed E-state index contributed by atoms with van der Waals surface area (Å²) in [5, 5.41) is 0. The van der Waals surface area contributed by atoms with Crippen LogP contribution in [-0.2, 0) is 11.2 Å². The molecule has 0 saturated carbocycles. The Bertz CT molecular complexity index is 870. The number of methoxy groups -OCH3 is 1. The molecular formula is C25H33N3O2. The third-order valence-corrected chi connectivity index (χ3v) is 6.79. The van der Waals surface area contributed by atoms with Crippen LogP contribution in [0.25, 0.3) is 0 Å². The number of likely N-dealkylation sites (N-methyl/N-ethyl adjacent to an activating group) is 1. The van der Waals surface area contributed by atoms with Gasteiger partial charge in [0.05, 0.1) is 12.6 Å². The summed E-state index contributed by atoms with van der Waals surface area (Å²) in [6.07, 6.45) is 3.32. The van der Waals surface area contributed by atoms with Crippen molar-refractivity contribution in [3.8, 4) is 5.75 Å². The quantitative estimate of drug-likeness (QED) is 0.723. The van der Waals surface area contributed by atoms with Crippen LogP contribution in [0, 0.1) is 0 Å². The van der Waals surface area contributed by atoms with Crippen molar-refractivity contribution in [2.75, 3.05) is 38.7 Å². The minimum atomic E-state index is -0.516. The largest absolute Gasteiger partial charge is 0.497 e. The fourth-order valence-corrected chi connectivity index (χ4v) is 4.63. The van der Waals surface area contributed by atoms with E-state index >= 15 is 0 Å². The zero-order valence-corrected chi connectivity index (χ0v) is 18.6. The number of hydrogen-bond acceptors (Lipinski definition) is 4. The molecule has 5 heteroatoms. The van der Waals surface area contributed by atoms with Gasteiger partial charge in [-0.2, -0.15) is 0 Å². The van der Waals surface area contributed by atoms with Crippen LogP contribution >= 0.6 is 0 Å². The van der Waals surface area contributed by atoms with Crippen molar-refractivity contribution in [2.45, 2.75) is 44.8 Å². The van der Waals surface area contributed by atoms with Gasteiger partial charge in [-0.3, -0.25) is 9.69 Å². The molecule has 0 aliphatic carbocycles. The van der Waals surface area contributed by atoms with Crippen LogP contribution in [0.1, 0.15) is 44.0 Å². The zero-order valence-electron chi connectivity index (χ0n) is 18.6. The third-order valence-electron chi connectivity index (χ3n) is 6.79. The summed E-state index contributed by atoms with van der Waals surface area (Å²) in [7, 11) is 3.74. The van der Waals surface area contributed by atoms with Crippen molar-refractivity contribution in [3.05, 3.63) is 59.7 Å². The van der Waals surface area contributed by atoms with Gasteiger partial charge in [0.25, 0.3) is 0 Å². The predicted octanol–water partition coefficient (Wildman–Crippen LogP) is 4.09. The number of amides is 1. The van der Waals surface area contributed by atoms with E-state index in [1.54, 1.807) is 7.11 Å². The lowest BCUT2D eigenvalue weighted by atomic mass is 10.0. The van der Waals surface area contributed by atoms with Crippen LogP contribution in [0.2, 0.25) is 0 Å². The van der Waals surface area contributed by atoms with Crippen LogP contribution < -0.4 is 9.64 Å². The second-order valence-corrected chi connectivity index (χ2v) is 8.93. The van der Waals surface area contributed by atoms with Crippen molar-refractivity contribution in [2.24, 2.45) is 0 Å². The Morgan fingerprint density at radius 2 is 1.63 bits per heavy atom. The average Bonchev–Trinajstić information content (AvgIpc) is 3.36. The van der Waals surface area contributed by atoms with E-state index in [-0.39, 0.29) is 12.1 Å². The molecule has 4 rings (SSSR count). The molecule has 0 radical (unpaired) electrons. The van der Waals surface area contributed by atoms with Crippen LogP contribution in [0.3, 0.4) is 0 Å². The molecule has 2 saturated heterocycles. The highest BCUT2D eigenvalue weighted by Gasteiger charge is 2.49. The summed E-state index contributed by atoms with van der Waals surface area (Å²) in [4.78, 5) is 20.0. The van der Waals surface area contributed by atoms with Gasteiger partial charge in [-0.05, 0) is 75.5 Å². The second-order valence-electron chi connectivity index (χ2n) is 8.93. The maximum atomic E-state index is 13.3. The topological polar surface area (TPSA) is 36.0 Å². The van der Waals surface area contributed by atoms with Gasteiger partial charge in [-0.15, -0.1) is 0 Å². The Balaban J connectivity index is 1.54. The van der Waals surface area contributed by atoms with E-state index in [9.17, 15) is 4.79 Å². The second kappa shape index (κ2) is 8.31. The maximum Gasteiger partial charge on any atom is 0.244 e. The van der Waals surface area contributed by atoms with Gasteiger partial charge in [-0.25, -0.2) is 0 Å². The van der Waals surface area contributed by atoms with E-state index in [0.29, 0.717) is 6.54 Å². The van der Waals surface area contributed by atoms with Gasteiger partial charge in [0.1, 0.15) is 11.9 Å². The maximum absolute atomic E-state index is 13.3. The Morgan fingerprint density at radius 1 is 1.00 bits per heavy atom. The summed E-state index contributed by atoms with van der Waals surface area (Å²) in [6.45, 7) is 7.02. The highest BCUT2D eigenvalue weighted by Crippen LogP contribution is 2.39. The van der Waals surface area contributed by atoms with Gasteiger partial charge >= 0.3 is 0 Å². The Kier molecular flexibility index (Phi) is 5.74. The lowest BCUT2D eigenvalue weighted by Gasteiger charge is -2.31. The molecule has 1 atom stereocenters. The van der Waals surface area contributed by atoms with Crippen molar-refractivity contribution in [1.29, 1.82) is 0 Å². The minimum Gasteiger partial charge on any atom is -0.497 e. The molecule has 1 unspecified atom stereocenters. The highest BCUT2D eigenvalue weighted by molar-refractivity contribution is 5.88. The lowest BCUT2D eigenvalue weighted by Crippen LogP contribution is -2.41. The van der Waals surface area contributed by atoms with Crippen LogP contribution in [0.15, 0.2) is 48.5 Å². The molecule has 0 bridgehead atoms. The molecule has 2 aliphatic rings. The van der Waals surface area contributed by atoms with E-state index < -0.39 is 5.54 Å². The molecule has 30 heavy (non-hydrogen) atoms. The molecule has 1 amide bonds. The highest BCUT2D eigenvalue weighted by atomic mass is 16.5. The first kappa shape index (κ1) is 20.7. The molecular weight excluding hydrogens is 374 g/mol. The van der Waals surface area contributed by atoms with Crippen molar-refractivity contribution in [3.63, 3.8) is 0 Å². The van der Waals surface area contributed by atoms with Crippen LogP contribution in [0.5, 0.6) is 5.75 Å². The Hall–Kier alpha value is -2.53. The standard InChI is InChI=1S/C25H33N3O2/c1-25(2)24(29)28(18-15-19-7-13-22(30-4)14-8-19)23(26(25)3)20-9-11-21(12-10-20)27-16-5-6-17-27/h7-14,23H,5-6,15-18H2,1-4H3. The molecule has 2 heterocycles. The number of benzene rings is 2. The molecule has 0 N–H and O–H groups in total. The molecule has 2 fully saturated rings. The van der Waals surface area contributed by atoms with Crippen molar-refractivity contribution >= 4 is 11.6 Å². The average molecular weight is 408 g/mol. The van der Waals surface area contributed by atoms with Crippen LogP contribution in [0.4, 0.5) is 5.69 Å². The molecule has 0 spiro atoms. The number of carbonyl (C=O) groups is 1. The van der Waals surface area contributed by atoms with E-state index in [0.717, 1.165) is 25.3 Å². The third kappa shape index (κ3) is 3.79. The fourth-order valence-electron chi connectivity index (χ4n) is 4.63. The number of carbonyl (C=O) groups excluding carboxylic acids is 1. The number of nitrogens with zero attached hydrogens (tertiary/aromatic N) is 3. The molecule has 160 valence electrons. The number of hydrogen-bond donors (Lipinski definition) is 0. The fraction of sp³-hybridized carbons (Fsp3) is 0.480. The van der Waals surface area contributed by atoms with Crippen molar-refractivity contribution < 1.29 is 9.53 Å². The zero-order chi connectivity index (χ0) is 21.3. The van der Waals surface area contributed by atoms with Gasteiger partial charge < -0.3 is 14.5 Å². The predicted molar refractivity (Wildman–Crippen MR) is 121 cm³/mol. The molecule has 2 aliphatic heterocycles. The first-order valence-corrected chi connectivity index (χ1v) is 10.9. The van der Waals surface area contributed by atoms with Crippen molar-refractivity contribution in [1.82, 2.24) is 9.80 Å². The van der Waals surface area contributed by atoms with Gasteiger partial charge in [0, 0.05) is 25.3 Å². The van der Waals surface area contributed by atoms with Gasteiger partial charge in [-0.1, -0.05) is 24.3 Å². The lowest BCUT2D eigenvalue weighted by molar-refractivity contribution is -0.132. The smallest absolute Gasteiger partial charge is 0.244 e. The van der Waals surface area contributed by atoms with Gasteiger partial charge in [0.15, 0.2) is 0 Å². The molecule has 0 aromatic heterocycles. The van der Waals surface area contributed by atoms with Gasteiger partial charge in [0.2, 0.25) is 5.91 Å². The Labute approximate surface area is 180 Å². The minimum absolute atomic E-state index is 0.0432. The summed E-state index contributed by atoms with van der Waals surface area (Å²) < 4.78 is 5.25. The van der Waals surface area contributed by atoms with E-state index in [1.165, 1.54) is 29.7 Å². The van der Waals surface area contributed by atoms with Crippen LogP contribution in [-0.4, -0.2) is 55.0 Å². The summed E-state index contributed by atoms with van der Waals surface area (Å²) in [5.74, 6) is 1.04. The number of anilines is 1. The summed E-state index contributed by atoms with van der Waals surface area (Å²) >= 11 is 0.